The molecular formula is C22H26ClFN4O3. The Morgan fingerprint density at radius 2 is 1.81 bits per heavy atom. The van der Waals surface area contributed by atoms with Crippen LogP contribution in [0.4, 0.5) is 19.7 Å². The summed E-state index contributed by atoms with van der Waals surface area (Å²) in [5, 5.41) is 6.39. The number of carbonyl (C=O) groups excluding carboxylic acids is 2. The molecule has 1 aliphatic heterocycles. The van der Waals surface area contributed by atoms with Gasteiger partial charge in [-0.25, -0.2) is 18.9 Å². The van der Waals surface area contributed by atoms with E-state index in [4.69, 9.17) is 16.3 Å². The van der Waals surface area contributed by atoms with Crippen LogP contribution < -0.4 is 15.4 Å². The van der Waals surface area contributed by atoms with Crippen LogP contribution in [0.1, 0.15) is 33.3 Å². The molecule has 0 saturated carbocycles. The third-order valence-electron chi connectivity index (χ3n) is 4.62. The summed E-state index contributed by atoms with van der Waals surface area (Å²) in [6, 6.07) is 10.2. The zero-order valence-corrected chi connectivity index (χ0v) is 18.6. The number of rotatable bonds is 7. The summed E-state index contributed by atoms with van der Waals surface area (Å²) in [5.41, 5.74) is 1.22. The quantitative estimate of drug-likeness (QED) is 0.623. The lowest BCUT2D eigenvalue weighted by atomic mass is 10.2. The van der Waals surface area contributed by atoms with Crippen molar-refractivity contribution < 1.29 is 18.7 Å². The number of nitrogens with one attached hydrogen (secondary N) is 2. The summed E-state index contributed by atoms with van der Waals surface area (Å²) >= 11 is 5.96. The molecule has 0 bridgehead atoms. The predicted molar refractivity (Wildman–Crippen MR) is 117 cm³/mol. The molecule has 2 aromatic rings. The topological polar surface area (TPSA) is 73.9 Å². The van der Waals surface area contributed by atoms with E-state index in [9.17, 15) is 14.0 Å². The minimum Gasteiger partial charge on any atom is -0.488 e. The highest BCUT2D eigenvalue weighted by molar-refractivity contribution is 6.30. The standard InChI is InChI=1S/C22H26ClFN4O3/c1-13(2)28-21(29)26-20(25-17-9-10-19(18(24)11-17)31-14(3)4)27(22(28)30)12-15-5-7-16(23)8-6-15/h5-11,13-14,20,25H,12H2,1-4H3,(H,26,29). The van der Waals surface area contributed by atoms with Crippen molar-refractivity contribution in [2.45, 2.75) is 52.7 Å². The van der Waals surface area contributed by atoms with E-state index in [0.29, 0.717) is 10.7 Å². The van der Waals surface area contributed by atoms with Gasteiger partial charge in [-0.05, 0) is 57.5 Å². The predicted octanol–water partition coefficient (Wildman–Crippen LogP) is 5.02. The van der Waals surface area contributed by atoms with Gasteiger partial charge in [-0.2, -0.15) is 0 Å². The van der Waals surface area contributed by atoms with Crippen LogP contribution in [0.2, 0.25) is 5.02 Å². The van der Waals surface area contributed by atoms with Crippen LogP contribution in [-0.4, -0.2) is 40.3 Å². The molecular weight excluding hydrogens is 423 g/mol. The Morgan fingerprint density at radius 1 is 1.13 bits per heavy atom. The van der Waals surface area contributed by atoms with Crippen molar-refractivity contribution >= 4 is 29.4 Å². The highest BCUT2D eigenvalue weighted by atomic mass is 35.5. The summed E-state index contributed by atoms with van der Waals surface area (Å²) in [5.74, 6) is -0.409. The average Bonchev–Trinajstić information content (AvgIpc) is 2.68. The van der Waals surface area contributed by atoms with Crippen LogP contribution in [0, 0.1) is 5.82 Å². The zero-order chi connectivity index (χ0) is 22.7. The van der Waals surface area contributed by atoms with Gasteiger partial charge in [-0.15, -0.1) is 0 Å². The molecule has 2 N–H and O–H groups in total. The number of urea groups is 2. The van der Waals surface area contributed by atoms with Crippen molar-refractivity contribution in [3.05, 3.63) is 58.9 Å². The molecule has 7 nitrogen and oxygen atoms in total. The van der Waals surface area contributed by atoms with Crippen molar-refractivity contribution in [1.82, 2.24) is 15.1 Å². The maximum Gasteiger partial charge on any atom is 0.331 e. The van der Waals surface area contributed by atoms with Crippen LogP contribution in [0.5, 0.6) is 5.75 Å². The number of hydrogen-bond acceptors (Lipinski definition) is 4. The summed E-state index contributed by atoms with van der Waals surface area (Å²) in [6.07, 6.45) is -1.04. The second-order valence-corrected chi connectivity index (χ2v) is 8.25. The van der Waals surface area contributed by atoms with E-state index in [1.165, 1.54) is 17.0 Å². The molecule has 4 amide bonds. The van der Waals surface area contributed by atoms with Crippen LogP contribution in [0.15, 0.2) is 42.5 Å². The maximum absolute atomic E-state index is 14.4. The monoisotopic (exact) mass is 448 g/mol. The molecule has 166 valence electrons. The molecule has 1 saturated heterocycles. The van der Waals surface area contributed by atoms with Crippen LogP contribution in [-0.2, 0) is 6.54 Å². The van der Waals surface area contributed by atoms with Crippen molar-refractivity contribution in [3.8, 4) is 5.75 Å². The van der Waals surface area contributed by atoms with Crippen LogP contribution >= 0.6 is 11.6 Å². The number of amides is 4. The Hall–Kier alpha value is -3.00. The number of ether oxygens (including phenoxy) is 1. The Bertz CT molecular complexity index is 952. The fraction of sp³-hybridized carbons (Fsp3) is 0.364. The lowest BCUT2D eigenvalue weighted by Crippen LogP contribution is -2.68. The van der Waals surface area contributed by atoms with Gasteiger partial charge >= 0.3 is 12.1 Å². The van der Waals surface area contributed by atoms with Gasteiger partial charge < -0.3 is 10.1 Å². The number of anilines is 1. The number of halogens is 2. The molecule has 2 aromatic carbocycles. The lowest BCUT2D eigenvalue weighted by Gasteiger charge is -2.42. The number of hydrogen-bond donors (Lipinski definition) is 2. The third-order valence-corrected chi connectivity index (χ3v) is 4.87. The summed E-state index contributed by atoms with van der Waals surface area (Å²) in [7, 11) is 0. The third kappa shape index (κ3) is 5.38. The molecule has 1 aliphatic rings. The van der Waals surface area contributed by atoms with Gasteiger partial charge in [0, 0.05) is 22.8 Å². The summed E-state index contributed by atoms with van der Waals surface area (Å²) < 4.78 is 19.8. The second kappa shape index (κ2) is 9.43. The number of imide groups is 1. The van der Waals surface area contributed by atoms with E-state index in [0.717, 1.165) is 10.5 Å². The van der Waals surface area contributed by atoms with Gasteiger partial charge in [0.05, 0.1) is 12.6 Å². The van der Waals surface area contributed by atoms with Gasteiger partial charge in [0.1, 0.15) is 0 Å². The molecule has 3 rings (SSSR count). The first-order valence-electron chi connectivity index (χ1n) is 10.0. The van der Waals surface area contributed by atoms with Gasteiger partial charge in [0.15, 0.2) is 17.9 Å². The van der Waals surface area contributed by atoms with Gasteiger partial charge in [0.2, 0.25) is 0 Å². The number of benzene rings is 2. The van der Waals surface area contributed by atoms with Crippen molar-refractivity contribution in [3.63, 3.8) is 0 Å². The minimum absolute atomic E-state index is 0.133. The molecule has 0 aromatic heterocycles. The van der Waals surface area contributed by atoms with Gasteiger partial charge in [-0.1, -0.05) is 23.7 Å². The molecule has 1 atom stereocenters. The lowest BCUT2D eigenvalue weighted by molar-refractivity contribution is 0.0975. The highest BCUT2D eigenvalue weighted by Gasteiger charge is 2.39. The fourth-order valence-corrected chi connectivity index (χ4v) is 3.34. The van der Waals surface area contributed by atoms with E-state index in [1.807, 2.05) is 13.8 Å². The SMILES string of the molecule is CC(C)Oc1ccc(NC2NC(=O)N(C(C)C)C(=O)N2Cc2ccc(Cl)cc2)cc1F. The first-order chi connectivity index (χ1) is 14.7. The van der Waals surface area contributed by atoms with E-state index in [2.05, 4.69) is 10.6 Å². The Kier molecular flexibility index (Phi) is 6.90. The fourth-order valence-electron chi connectivity index (χ4n) is 3.21. The van der Waals surface area contributed by atoms with Crippen molar-refractivity contribution in [2.75, 3.05) is 5.32 Å². The highest BCUT2D eigenvalue weighted by Crippen LogP contribution is 2.25. The van der Waals surface area contributed by atoms with Gasteiger partial charge in [-0.3, -0.25) is 10.2 Å². The first kappa shape index (κ1) is 22.7. The number of nitrogens with zero attached hydrogens (tertiary/aromatic N) is 2. The minimum atomic E-state index is -0.873. The summed E-state index contributed by atoms with van der Waals surface area (Å²) in [4.78, 5) is 28.3. The Morgan fingerprint density at radius 3 is 2.39 bits per heavy atom. The largest absolute Gasteiger partial charge is 0.488 e. The molecule has 0 spiro atoms. The van der Waals surface area contributed by atoms with Gasteiger partial charge in [0.25, 0.3) is 0 Å². The Labute approximate surface area is 186 Å². The van der Waals surface area contributed by atoms with Crippen molar-refractivity contribution in [1.29, 1.82) is 0 Å². The van der Waals surface area contributed by atoms with Crippen LogP contribution in [0.25, 0.3) is 0 Å². The van der Waals surface area contributed by atoms with E-state index in [1.54, 1.807) is 44.2 Å². The zero-order valence-electron chi connectivity index (χ0n) is 17.9. The average molecular weight is 449 g/mol. The molecule has 1 heterocycles. The van der Waals surface area contributed by atoms with Crippen molar-refractivity contribution in [2.24, 2.45) is 0 Å². The number of carbonyl (C=O) groups is 2. The van der Waals surface area contributed by atoms with E-state index >= 15 is 0 Å². The summed E-state index contributed by atoms with van der Waals surface area (Å²) in [6.45, 7) is 7.35. The molecule has 9 heteroatoms. The van der Waals surface area contributed by atoms with Crippen LogP contribution in [0.3, 0.4) is 0 Å². The molecule has 1 unspecified atom stereocenters. The Balaban J connectivity index is 1.86. The normalized spacial score (nSPS) is 16.7. The first-order valence-corrected chi connectivity index (χ1v) is 10.4. The van der Waals surface area contributed by atoms with E-state index in [-0.39, 0.29) is 24.4 Å². The molecule has 0 radical (unpaired) electrons. The molecule has 1 fully saturated rings. The molecule has 0 aliphatic carbocycles. The van der Waals surface area contributed by atoms with E-state index < -0.39 is 24.2 Å². The maximum atomic E-state index is 14.4. The smallest absolute Gasteiger partial charge is 0.331 e. The second-order valence-electron chi connectivity index (χ2n) is 7.81. The molecule has 31 heavy (non-hydrogen) atoms.